The van der Waals surface area contributed by atoms with Crippen LogP contribution in [0, 0.1) is 11.8 Å². The van der Waals surface area contributed by atoms with Gasteiger partial charge in [-0.25, -0.2) is 4.39 Å². The standard InChI is InChI=1S/C9H16ClF/c1-6(2)7-3-4-8(10)9(11)5-7/h6-9H,3-5H2,1-2H3. The zero-order chi connectivity index (χ0) is 8.43. The molecule has 2 heteroatoms. The lowest BCUT2D eigenvalue weighted by Gasteiger charge is -2.30. The van der Waals surface area contributed by atoms with Crippen LogP contribution in [-0.4, -0.2) is 11.5 Å². The van der Waals surface area contributed by atoms with Crippen molar-refractivity contribution in [1.29, 1.82) is 0 Å². The lowest BCUT2D eigenvalue weighted by Crippen LogP contribution is -2.28. The zero-order valence-electron chi connectivity index (χ0n) is 7.19. The van der Waals surface area contributed by atoms with Gasteiger partial charge in [0.1, 0.15) is 6.17 Å². The summed E-state index contributed by atoms with van der Waals surface area (Å²) in [4.78, 5) is 0. The van der Waals surface area contributed by atoms with Crippen molar-refractivity contribution < 1.29 is 4.39 Å². The summed E-state index contributed by atoms with van der Waals surface area (Å²) in [5, 5.41) is -0.218. The molecule has 3 atom stereocenters. The van der Waals surface area contributed by atoms with Crippen molar-refractivity contribution in [2.24, 2.45) is 11.8 Å². The summed E-state index contributed by atoms with van der Waals surface area (Å²) >= 11 is 5.76. The highest BCUT2D eigenvalue weighted by Crippen LogP contribution is 2.34. The molecule has 1 fully saturated rings. The lowest BCUT2D eigenvalue weighted by molar-refractivity contribution is 0.171. The van der Waals surface area contributed by atoms with Crippen molar-refractivity contribution in [2.45, 2.75) is 44.7 Å². The van der Waals surface area contributed by atoms with E-state index < -0.39 is 6.17 Å². The summed E-state index contributed by atoms with van der Waals surface area (Å²) in [5.74, 6) is 1.16. The smallest absolute Gasteiger partial charge is 0.117 e. The van der Waals surface area contributed by atoms with Gasteiger partial charge in [-0.1, -0.05) is 13.8 Å². The Morgan fingerprint density at radius 3 is 2.45 bits per heavy atom. The summed E-state index contributed by atoms with van der Waals surface area (Å²) in [7, 11) is 0. The van der Waals surface area contributed by atoms with E-state index in [1.165, 1.54) is 0 Å². The molecule has 0 aromatic carbocycles. The molecule has 0 spiro atoms. The molecule has 0 N–H and O–H groups in total. The predicted octanol–water partition coefficient (Wildman–Crippen LogP) is 3.39. The second kappa shape index (κ2) is 3.75. The molecule has 0 amide bonds. The quantitative estimate of drug-likeness (QED) is 0.540. The first kappa shape index (κ1) is 9.31. The molecular formula is C9H16ClF. The number of hydrogen-bond acceptors (Lipinski definition) is 0. The van der Waals surface area contributed by atoms with Crippen LogP contribution >= 0.6 is 11.6 Å². The Morgan fingerprint density at radius 2 is 2.00 bits per heavy atom. The lowest BCUT2D eigenvalue weighted by atomic mass is 9.81. The summed E-state index contributed by atoms with van der Waals surface area (Å²) in [6.45, 7) is 4.32. The highest BCUT2D eigenvalue weighted by molar-refractivity contribution is 6.21. The molecule has 0 nitrogen and oxygen atoms in total. The Bertz CT molecular complexity index is 125. The molecule has 0 aliphatic heterocycles. The first-order valence-corrected chi connectivity index (χ1v) is 4.83. The Labute approximate surface area is 73.1 Å². The van der Waals surface area contributed by atoms with Gasteiger partial charge in [-0.3, -0.25) is 0 Å². The van der Waals surface area contributed by atoms with Crippen molar-refractivity contribution in [3.63, 3.8) is 0 Å². The first-order valence-electron chi connectivity index (χ1n) is 4.39. The summed E-state index contributed by atoms with van der Waals surface area (Å²) in [6, 6.07) is 0. The van der Waals surface area contributed by atoms with Gasteiger partial charge in [0.25, 0.3) is 0 Å². The Morgan fingerprint density at radius 1 is 1.36 bits per heavy atom. The maximum atomic E-state index is 13.1. The molecule has 1 rings (SSSR count). The molecule has 3 unspecified atom stereocenters. The minimum Gasteiger partial charge on any atom is -0.246 e. The van der Waals surface area contributed by atoms with Crippen LogP contribution in [0.25, 0.3) is 0 Å². The Balaban J connectivity index is 2.40. The van der Waals surface area contributed by atoms with Crippen LogP contribution in [0.4, 0.5) is 4.39 Å². The summed E-state index contributed by atoms with van der Waals surface area (Å²) < 4.78 is 13.1. The van der Waals surface area contributed by atoms with Gasteiger partial charge in [0.05, 0.1) is 5.38 Å². The molecule has 0 aromatic rings. The third-order valence-corrected chi connectivity index (χ3v) is 3.17. The number of alkyl halides is 2. The summed E-state index contributed by atoms with van der Waals surface area (Å²) in [5.41, 5.74) is 0. The van der Waals surface area contributed by atoms with E-state index in [4.69, 9.17) is 11.6 Å². The average Bonchev–Trinajstić information content (AvgIpc) is 1.94. The van der Waals surface area contributed by atoms with Crippen LogP contribution in [0.1, 0.15) is 33.1 Å². The third kappa shape index (κ3) is 2.33. The third-order valence-electron chi connectivity index (χ3n) is 2.68. The number of hydrogen-bond donors (Lipinski definition) is 0. The predicted molar refractivity (Wildman–Crippen MR) is 46.7 cm³/mol. The van der Waals surface area contributed by atoms with Crippen molar-refractivity contribution in [1.82, 2.24) is 0 Å². The van der Waals surface area contributed by atoms with Crippen LogP contribution < -0.4 is 0 Å². The molecule has 0 radical (unpaired) electrons. The van der Waals surface area contributed by atoms with Crippen molar-refractivity contribution in [3.8, 4) is 0 Å². The van der Waals surface area contributed by atoms with Gasteiger partial charge < -0.3 is 0 Å². The Hall–Kier alpha value is 0.220. The maximum Gasteiger partial charge on any atom is 0.117 e. The van der Waals surface area contributed by atoms with E-state index in [9.17, 15) is 4.39 Å². The van der Waals surface area contributed by atoms with Gasteiger partial charge in [0, 0.05) is 0 Å². The fourth-order valence-corrected chi connectivity index (χ4v) is 1.94. The monoisotopic (exact) mass is 178 g/mol. The van der Waals surface area contributed by atoms with E-state index in [0.29, 0.717) is 18.3 Å². The fraction of sp³-hybridized carbons (Fsp3) is 1.00. The average molecular weight is 179 g/mol. The van der Waals surface area contributed by atoms with Crippen LogP contribution in [0.3, 0.4) is 0 Å². The molecule has 1 saturated carbocycles. The highest BCUT2D eigenvalue weighted by atomic mass is 35.5. The molecule has 0 bridgehead atoms. The minimum atomic E-state index is -0.766. The van der Waals surface area contributed by atoms with Gasteiger partial charge in [0.2, 0.25) is 0 Å². The topological polar surface area (TPSA) is 0 Å². The fourth-order valence-electron chi connectivity index (χ4n) is 1.71. The van der Waals surface area contributed by atoms with E-state index >= 15 is 0 Å². The largest absolute Gasteiger partial charge is 0.246 e. The van der Waals surface area contributed by atoms with E-state index in [2.05, 4.69) is 13.8 Å². The van der Waals surface area contributed by atoms with Gasteiger partial charge in [0.15, 0.2) is 0 Å². The molecule has 1 aliphatic rings. The normalized spacial score (nSPS) is 39.5. The highest BCUT2D eigenvalue weighted by Gasteiger charge is 2.30. The van der Waals surface area contributed by atoms with Crippen molar-refractivity contribution in [2.75, 3.05) is 0 Å². The van der Waals surface area contributed by atoms with Crippen LogP contribution in [-0.2, 0) is 0 Å². The molecular weight excluding hydrogens is 163 g/mol. The van der Waals surface area contributed by atoms with E-state index in [-0.39, 0.29) is 5.38 Å². The van der Waals surface area contributed by atoms with E-state index in [0.717, 1.165) is 12.8 Å². The number of rotatable bonds is 1. The van der Waals surface area contributed by atoms with Gasteiger partial charge in [-0.2, -0.15) is 0 Å². The molecule has 1 aliphatic carbocycles. The molecule has 0 heterocycles. The van der Waals surface area contributed by atoms with Crippen LogP contribution in [0.2, 0.25) is 0 Å². The number of halogens is 2. The zero-order valence-corrected chi connectivity index (χ0v) is 7.94. The molecule has 11 heavy (non-hydrogen) atoms. The van der Waals surface area contributed by atoms with E-state index in [1.807, 2.05) is 0 Å². The Kier molecular flexibility index (Phi) is 3.17. The van der Waals surface area contributed by atoms with E-state index in [1.54, 1.807) is 0 Å². The SMILES string of the molecule is CC(C)C1CCC(Cl)C(F)C1. The first-order chi connectivity index (χ1) is 5.11. The summed E-state index contributed by atoms with van der Waals surface area (Å²) in [6.07, 6.45) is 1.86. The van der Waals surface area contributed by atoms with Crippen LogP contribution in [0.5, 0.6) is 0 Å². The van der Waals surface area contributed by atoms with Crippen molar-refractivity contribution in [3.05, 3.63) is 0 Å². The van der Waals surface area contributed by atoms with Crippen LogP contribution in [0.15, 0.2) is 0 Å². The molecule has 0 saturated heterocycles. The molecule has 66 valence electrons. The van der Waals surface area contributed by atoms with Gasteiger partial charge >= 0.3 is 0 Å². The maximum absolute atomic E-state index is 13.1. The molecule has 0 aromatic heterocycles. The van der Waals surface area contributed by atoms with Gasteiger partial charge in [-0.15, -0.1) is 11.6 Å². The minimum absolute atomic E-state index is 0.218. The second-order valence-corrected chi connectivity index (χ2v) is 4.41. The van der Waals surface area contributed by atoms with Crippen molar-refractivity contribution >= 4 is 11.6 Å². The van der Waals surface area contributed by atoms with Gasteiger partial charge in [-0.05, 0) is 31.1 Å². The second-order valence-electron chi connectivity index (χ2n) is 3.85.